The van der Waals surface area contributed by atoms with Crippen LogP contribution in [0.15, 0.2) is 47.2 Å². The van der Waals surface area contributed by atoms with Crippen LogP contribution in [0.4, 0.5) is 5.69 Å². The van der Waals surface area contributed by atoms with E-state index in [4.69, 9.17) is 5.73 Å². The third kappa shape index (κ3) is 3.09. The SMILES string of the molecule is CNC(Cc1cccc(Br)c1)c1cnccc1N. The van der Waals surface area contributed by atoms with E-state index in [0.717, 1.165) is 22.1 Å². The summed E-state index contributed by atoms with van der Waals surface area (Å²) < 4.78 is 1.09. The predicted molar refractivity (Wildman–Crippen MR) is 78.3 cm³/mol. The van der Waals surface area contributed by atoms with Crippen LogP contribution < -0.4 is 11.1 Å². The Kier molecular flexibility index (Phi) is 4.33. The molecule has 0 saturated carbocycles. The molecular weight excluding hydrogens is 290 g/mol. The van der Waals surface area contributed by atoms with Crippen LogP contribution in [0.3, 0.4) is 0 Å². The van der Waals surface area contributed by atoms with Gasteiger partial charge in [0.2, 0.25) is 0 Å². The van der Waals surface area contributed by atoms with Crippen molar-refractivity contribution in [3.8, 4) is 0 Å². The van der Waals surface area contributed by atoms with Crippen LogP contribution >= 0.6 is 15.9 Å². The third-order valence-corrected chi connectivity index (χ3v) is 3.43. The highest BCUT2D eigenvalue weighted by Crippen LogP contribution is 2.23. The van der Waals surface area contributed by atoms with Gasteiger partial charge in [-0.1, -0.05) is 28.1 Å². The van der Waals surface area contributed by atoms with Gasteiger partial charge < -0.3 is 11.1 Å². The van der Waals surface area contributed by atoms with E-state index in [9.17, 15) is 0 Å². The van der Waals surface area contributed by atoms with Gasteiger partial charge in [0.05, 0.1) is 0 Å². The van der Waals surface area contributed by atoms with Gasteiger partial charge in [-0.2, -0.15) is 0 Å². The Labute approximate surface area is 116 Å². The summed E-state index contributed by atoms with van der Waals surface area (Å²) in [5.41, 5.74) is 9.07. The summed E-state index contributed by atoms with van der Waals surface area (Å²) in [6, 6.07) is 10.3. The molecule has 0 aliphatic carbocycles. The molecule has 94 valence electrons. The van der Waals surface area contributed by atoms with Gasteiger partial charge in [-0.25, -0.2) is 0 Å². The molecule has 2 aromatic rings. The molecule has 1 heterocycles. The Balaban J connectivity index is 2.23. The topological polar surface area (TPSA) is 50.9 Å². The second kappa shape index (κ2) is 5.98. The minimum Gasteiger partial charge on any atom is -0.398 e. The van der Waals surface area contributed by atoms with Crippen LogP contribution in [0.1, 0.15) is 17.2 Å². The summed E-state index contributed by atoms with van der Waals surface area (Å²) in [6.07, 6.45) is 4.42. The van der Waals surface area contributed by atoms with E-state index in [2.05, 4.69) is 38.4 Å². The van der Waals surface area contributed by atoms with Crippen LogP contribution in [0.5, 0.6) is 0 Å². The fourth-order valence-corrected chi connectivity index (χ4v) is 2.42. The maximum atomic E-state index is 5.99. The van der Waals surface area contributed by atoms with Gasteiger partial charge in [0.25, 0.3) is 0 Å². The zero-order chi connectivity index (χ0) is 13.0. The molecule has 0 aliphatic rings. The van der Waals surface area contributed by atoms with Crippen molar-refractivity contribution in [2.24, 2.45) is 0 Å². The summed E-state index contributed by atoms with van der Waals surface area (Å²) in [7, 11) is 1.94. The molecule has 1 aromatic carbocycles. The number of anilines is 1. The van der Waals surface area contributed by atoms with Crippen molar-refractivity contribution in [1.29, 1.82) is 0 Å². The Hall–Kier alpha value is -1.39. The summed E-state index contributed by atoms with van der Waals surface area (Å²) in [5, 5.41) is 3.29. The van der Waals surface area contributed by atoms with Gasteiger partial charge in [0.15, 0.2) is 0 Å². The molecule has 1 aromatic heterocycles. The fourth-order valence-electron chi connectivity index (χ4n) is 1.98. The van der Waals surface area contributed by atoms with Crippen molar-refractivity contribution in [2.75, 3.05) is 12.8 Å². The van der Waals surface area contributed by atoms with Crippen LogP contribution in [0, 0.1) is 0 Å². The predicted octanol–water partition coefficient (Wildman–Crippen LogP) is 2.93. The average molecular weight is 306 g/mol. The summed E-state index contributed by atoms with van der Waals surface area (Å²) in [5.74, 6) is 0. The minimum atomic E-state index is 0.174. The van der Waals surface area contributed by atoms with Crippen LogP contribution in [0.2, 0.25) is 0 Å². The van der Waals surface area contributed by atoms with Gasteiger partial charge in [0.1, 0.15) is 0 Å². The molecule has 0 aliphatic heterocycles. The van der Waals surface area contributed by atoms with Crippen molar-refractivity contribution in [2.45, 2.75) is 12.5 Å². The van der Waals surface area contributed by atoms with Gasteiger partial charge in [-0.15, -0.1) is 0 Å². The first-order valence-corrected chi connectivity index (χ1v) is 6.61. The molecule has 3 nitrogen and oxygen atoms in total. The Morgan fingerprint density at radius 2 is 2.22 bits per heavy atom. The number of likely N-dealkylation sites (N-methyl/N-ethyl adjacent to an activating group) is 1. The number of hydrogen-bond donors (Lipinski definition) is 2. The molecule has 3 N–H and O–H groups in total. The van der Waals surface area contributed by atoms with Crippen molar-refractivity contribution in [3.05, 3.63) is 58.3 Å². The maximum absolute atomic E-state index is 5.99. The number of aromatic nitrogens is 1. The molecule has 0 bridgehead atoms. The van der Waals surface area contributed by atoms with Crippen molar-refractivity contribution >= 4 is 21.6 Å². The largest absolute Gasteiger partial charge is 0.398 e. The minimum absolute atomic E-state index is 0.174. The number of pyridine rings is 1. The Bertz CT molecular complexity index is 528. The highest BCUT2D eigenvalue weighted by molar-refractivity contribution is 9.10. The normalized spacial score (nSPS) is 12.3. The summed E-state index contributed by atoms with van der Waals surface area (Å²) in [6.45, 7) is 0. The molecule has 0 radical (unpaired) electrons. The van der Waals surface area contributed by atoms with Crippen molar-refractivity contribution in [3.63, 3.8) is 0 Å². The number of benzene rings is 1. The summed E-state index contributed by atoms with van der Waals surface area (Å²) in [4.78, 5) is 4.14. The van der Waals surface area contributed by atoms with E-state index in [-0.39, 0.29) is 6.04 Å². The second-order valence-electron chi connectivity index (χ2n) is 4.18. The van der Waals surface area contributed by atoms with Crippen LogP contribution in [-0.2, 0) is 6.42 Å². The molecule has 0 spiro atoms. The van der Waals surface area contributed by atoms with E-state index in [1.807, 2.05) is 31.4 Å². The molecule has 0 saturated heterocycles. The van der Waals surface area contributed by atoms with Gasteiger partial charge in [-0.05, 0) is 37.2 Å². The monoisotopic (exact) mass is 305 g/mol. The number of nitrogens with one attached hydrogen (secondary N) is 1. The number of halogens is 1. The molecule has 1 atom stereocenters. The molecule has 0 amide bonds. The highest BCUT2D eigenvalue weighted by Gasteiger charge is 2.13. The molecule has 4 heteroatoms. The van der Waals surface area contributed by atoms with E-state index < -0.39 is 0 Å². The number of hydrogen-bond acceptors (Lipinski definition) is 3. The van der Waals surface area contributed by atoms with Gasteiger partial charge in [-0.3, -0.25) is 4.98 Å². The molecule has 18 heavy (non-hydrogen) atoms. The number of nitrogens with zero attached hydrogens (tertiary/aromatic N) is 1. The van der Waals surface area contributed by atoms with Crippen LogP contribution in [0.25, 0.3) is 0 Å². The van der Waals surface area contributed by atoms with Gasteiger partial charge >= 0.3 is 0 Å². The zero-order valence-electron chi connectivity index (χ0n) is 10.2. The zero-order valence-corrected chi connectivity index (χ0v) is 11.8. The fraction of sp³-hybridized carbons (Fsp3) is 0.214. The second-order valence-corrected chi connectivity index (χ2v) is 5.10. The summed E-state index contributed by atoms with van der Waals surface area (Å²) >= 11 is 3.49. The molecule has 0 fully saturated rings. The van der Waals surface area contributed by atoms with E-state index >= 15 is 0 Å². The molecular formula is C14H16BrN3. The van der Waals surface area contributed by atoms with E-state index in [1.165, 1.54) is 5.56 Å². The first-order chi connectivity index (χ1) is 8.70. The quantitative estimate of drug-likeness (QED) is 0.913. The first kappa shape index (κ1) is 13.1. The number of nitrogens with two attached hydrogens (primary N) is 1. The maximum Gasteiger partial charge on any atom is 0.0394 e. The van der Waals surface area contributed by atoms with Crippen molar-refractivity contribution < 1.29 is 0 Å². The lowest BCUT2D eigenvalue weighted by Gasteiger charge is -2.18. The number of rotatable bonds is 4. The van der Waals surface area contributed by atoms with E-state index in [1.54, 1.807) is 6.20 Å². The van der Waals surface area contributed by atoms with E-state index in [0.29, 0.717) is 0 Å². The number of nitrogen functional groups attached to an aromatic ring is 1. The average Bonchev–Trinajstić information content (AvgIpc) is 2.37. The Morgan fingerprint density at radius 3 is 2.89 bits per heavy atom. The lowest BCUT2D eigenvalue weighted by Crippen LogP contribution is -2.20. The third-order valence-electron chi connectivity index (χ3n) is 2.94. The first-order valence-electron chi connectivity index (χ1n) is 5.82. The molecule has 1 unspecified atom stereocenters. The highest BCUT2D eigenvalue weighted by atomic mass is 79.9. The Morgan fingerprint density at radius 1 is 1.39 bits per heavy atom. The van der Waals surface area contributed by atoms with Gasteiger partial charge in [0, 0.05) is 34.2 Å². The van der Waals surface area contributed by atoms with Crippen molar-refractivity contribution in [1.82, 2.24) is 10.3 Å². The molecule has 2 rings (SSSR count). The standard InChI is InChI=1S/C14H16BrN3/c1-17-14(12-9-18-6-5-13(12)16)8-10-3-2-4-11(15)7-10/h2-7,9,14,17H,8H2,1H3,(H2,16,18). The smallest absolute Gasteiger partial charge is 0.0394 e. The lowest BCUT2D eigenvalue weighted by atomic mass is 9.99. The lowest BCUT2D eigenvalue weighted by molar-refractivity contribution is 0.591. The van der Waals surface area contributed by atoms with Crippen LogP contribution in [-0.4, -0.2) is 12.0 Å².